The van der Waals surface area contributed by atoms with Gasteiger partial charge in [0.05, 0.1) is 15.5 Å². The topological polar surface area (TPSA) is 66.5 Å². The number of amides is 1. The average Bonchev–Trinajstić information content (AvgIpc) is 3.29. The second kappa shape index (κ2) is 7.67. The van der Waals surface area contributed by atoms with E-state index in [4.69, 9.17) is 23.2 Å². The van der Waals surface area contributed by atoms with Gasteiger partial charge in [0.1, 0.15) is 0 Å². The summed E-state index contributed by atoms with van der Waals surface area (Å²) < 4.78 is 28.2. The van der Waals surface area contributed by atoms with Crippen molar-refractivity contribution in [1.29, 1.82) is 0 Å². The second-order valence-corrected chi connectivity index (χ2v) is 9.78. The SMILES string of the molecule is O=C(c1ccc(Cl)cc1Cl)N1CCc2cc(S(=O)(=O)NC3CCCC3)ccc21. The van der Waals surface area contributed by atoms with Crippen LogP contribution in [0.5, 0.6) is 0 Å². The molecule has 1 aliphatic heterocycles. The number of sulfonamides is 1. The maximum absolute atomic E-state index is 12.9. The van der Waals surface area contributed by atoms with E-state index >= 15 is 0 Å². The molecule has 0 atom stereocenters. The number of carbonyl (C=O) groups excluding carboxylic acids is 1. The predicted molar refractivity (Wildman–Crippen MR) is 111 cm³/mol. The van der Waals surface area contributed by atoms with Crippen molar-refractivity contribution in [2.24, 2.45) is 0 Å². The molecule has 0 radical (unpaired) electrons. The second-order valence-electron chi connectivity index (χ2n) is 7.22. The van der Waals surface area contributed by atoms with E-state index in [2.05, 4.69) is 4.72 Å². The molecule has 0 saturated heterocycles. The van der Waals surface area contributed by atoms with Gasteiger partial charge < -0.3 is 4.90 Å². The molecule has 0 spiro atoms. The first-order valence-electron chi connectivity index (χ1n) is 9.27. The fourth-order valence-electron chi connectivity index (χ4n) is 3.90. The maximum atomic E-state index is 12.9. The van der Waals surface area contributed by atoms with Gasteiger partial charge in [-0.15, -0.1) is 0 Å². The van der Waals surface area contributed by atoms with Crippen molar-refractivity contribution in [3.8, 4) is 0 Å². The minimum Gasteiger partial charge on any atom is -0.308 e. The Bertz CT molecular complexity index is 1030. The highest BCUT2D eigenvalue weighted by Gasteiger charge is 2.29. The molecule has 1 heterocycles. The van der Waals surface area contributed by atoms with Crippen LogP contribution in [0.2, 0.25) is 10.0 Å². The quantitative estimate of drug-likeness (QED) is 0.767. The van der Waals surface area contributed by atoms with Gasteiger partial charge >= 0.3 is 0 Å². The van der Waals surface area contributed by atoms with Gasteiger partial charge in [0, 0.05) is 23.3 Å². The molecule has 0 bridgehead atoms. The van der Waals surface area contributed by atoms with Crippen LogP contribution in [0.3, 0.4) is 0 Å². The van der Waals surface area contributed by atoms with Crippen LogP contribution in [0.25, 0.3) is 0 Å². The molecular weight excluding hydrogens is 419 g/mol. The summed E-state index contributed by atoms with van der Waals surface area (Å²) in [4.78, 5) is 14.8. The van der Waals surface area contributed by atoms with Crippen LogP contribution in [-0.2, 0) is 16.4 Å². The van der Waals surface area contributed by atoms with E-state index in [0.29, 0.717) is 28.6 Å². The first-order chi connectivity index (χ1) is 13.3. The Morgan fingerprint density at radius 2 is 1.82 bits per heavy atom. The van der Waals surface area contributed by atoms with Crippen LogP contribution in [0.1, 0.15) is 41.6 Å². The van der Waals surface area contributed by atoms with Gasteiger partial charge in [0.15, 0.2) is 0 Å². The summed E-state index contributed by atoms with van der Waals surface area (Å²) >= 11 is 12.1. The number of carbonyl (C=O) groups is 1. The summed E-state index contributed by atoms with van der Waals surface area (Å²) in [6, 6.07) is 9.72. The molecule has 2 aliphatic rings. The third kappa shape index (κ3) is 3.79. The molecule has 0 aromatic heterocycles. The maximum Gasteiger partial charge on any atom is 0.259 e. The zero-order chi connectivity index (χ0) is 19.9. The number of hydrogen-bond donors (Lipinski definition) is 1. The summed E-state index contributed by atoms with van der Waals surface area (Å²) in [5, 5.41) is 0.763. The van der Waals surface area contributed by atoms with Crippen LogP contribution in [-0.4, -0.2) is 26.9 Å². The molecule has 148 valence electrons. The number of fused-ring (bicyclic) bond motifs is 1. The molecule has 8 heteroatoms. The zero-order valence-corrected chi connectivity index (χ0v) is 17.4. The predicted octanol–water partition coefficient (Wildman–Crippen LogP) is 4.42. The van der Waals surface area contributed by atoms with Gasteiger partial charge in [-0.1, -0.05) is 36.0 Å². The van der Waals surface area contributed by atoms with Crippen LogP contribution >= 0.6 is 23.2 Å². The minimum absolute atomic E-state index is 0.0170. The first-order valence-corrected chi connectivity index (χ1v) is 11.5. The summed E-state index contributed by atoms with van der Waals surface area (Å²) in [7, 11) is -3.56. The van der Waals surface area contributed by atoms with Crippen LogP contribution < -0.4 is 9.62 Å². The Balaban J connectivity index is 1.59. The molecule has 2 aromatic carbocycles. The minimum atomic E-state index is -3.56. The van der Waals surface area contributed by atoms with Gasteiger partial charge in [-0.05, 0) is 61.2 Å². The molecule has 1 N–H and O–H groups in total. The fraction of sp³-hybridized carbons (Fsp3) is 0.350. The average molecular weight is 439 g/mol. The lowest BCUT2D eigenvalue weighted by molar-refractivity contribution is 0.0989. The van der Waals surface area contributed by atoms with Gasteiger partial charge in [0.25, 0.3) is 5.91 Å². The molecule has 28 heavy (non-hydrogen) atoms. The number of rotatable bonds is 4. The highest BCUT2D eigenvalue weighted by molar-refractivity contribution is 7.89. The highest BCUT2D eigenvalue weighted by Crippen LogP contribution is 2.33. The third-order valence-electron chi connectivity index (χ3n) is 5.34. The van der Waals surface area contributed by atoms with Crippen molar-refractivity contribution >= 4 is 44.8 Å². The Morgan fingerprint density at radius 1 is 1.07 bits per heavy atom. The number of hydrogen-bond acceptors (Lipinski definition) is 3. The summed E-state index contributed by atoms with van der Waals surface area (Å²) in [6.45, 7) is 0.479. The smallest absolute Gasteiger partial charge is 0.259 e. The lowest BCUT2D eigenvalue weighted by Gasteiger charge is -2.19. The summed E-state index contributed by atoms with van der Waals surface area (Å²) in [6.07, 6.45) is 4.48. The first kappa shape index (κ1) is 19.7. The Morgan fingerprint density at radius 3 is 2.54 bits per heavy atom. The molecule has 2 aromatic rings. The Labute approximate surface area is 174 Å². The normalized spacial score (nSPS) is 17.1. The molecule has 1 saturated carbocycles. The van der Waals surface area contributed by atoms with Crippen molar-refractivity contribution in [2.45, 2.75) is 43.0 Å². The van der Waals surface area contributed by atoms with E-state index in [1.54, 1.807) is 35.2 Å². The largest absolute Gasteiger partial charge is 0.308 e. The van der Waals surface area contributed by atoms with E-state index in [0.717, 1.165) is 36.9 Å². The number of halogens is 2. The van der Waals surface area contributed by atoms with E-state index in [-0.39, 0.29) is 16.8 Å². The Hall–Kier alpha value is -1.60. The Kier molecular flexibility index (Phi) is 5.40. The summed E-state index contributed by atoms with van der Waals surface area (Å²) in [5.74, 6) is -0.222. The number of nitrogens with one attached hydrogen (secondary N) is 1. The van der Waals surface area contributed by atoms with Crippen molar-refractivity contribution in [3.05, 3.63) is 57.6 Å². The lowest BCUT2D eigenvalue weighted by atomic mass is 10.1. The molecule has 1 amide bonds. The molecule has 0 unspecified atom stereocenters. The van der Waals surface area contributed by atoms with Gasteiger partial charge in [-0.25, -0.2) is 13.1 Å². The van der Waals surface area contributed by atoms with Crippen LogP contribution in [0.15, 0.2) is 41.3 Å². The molecule has 1 fully saturated rings. The molecule has 4 rings (SSSR count). The van der Waals surface area contributed by atoms with Crippen molar-refractivity contribution in [2.75, 3.05) is 11.4 Å². The van der Waals surface area contributed by atoms with E-state index < -0.39 is 10.0 Å². The van der Waals surface area contributed by atoms with Gasteiger partial charge in [-0.3, -0.25) is 4.79 Å². The van der Waals surface area contributed by atoms with Crippen molar-refractivity contribution in [3.63, 3.8) is 0 Å². The lowest BCUT2D eigenvalue weighted by Crippen LogP contribution is -2.32. The zero-order valence-electron chi connectivity index (χ0n) is 15.1. The van der Waals surface area contributed by atoms with Gasteiger partial charge in [0.2, 0.25) is 10.0 Å². The van der Waals surface area contributed by atoms with E-state index in [9.17, 15) is 13.2 Å². The van der Waals surface area contributed by atoms with Crippen molar-refractivity contribution in [1.82, 2.24) is 4.72 Å². The van der Waals surface area contributed by atoms with E-state index in [1.165, 1.54) is 6.07 Å². The number of anilines is 1. The standard InChI is InChI=1S/C20H20Cl2N2O3S/c21-14-5-7-17(18(22)12-14)20(25)24-10-9-13-11-16(6-8-19(13)24)28(26,27)23-15-3-1-2-4-15/h5-8,11-12,15,23H,1-4,9-10H2. The van der Waals surface area contributed by atoms with Crippen molar-refractivity contribution < 1.29 is 13.2 Å². The van der Waals surface area contributed by atoms with E-state index in [1.807, 2.05) is 0 Å². The van der Waals surface area contributed by atoms with Crippen LogP contribution in [0.4, 0.5) is 5.69 Å². The fourth-order valence-corrected chi connectivity index (χ4v) is 5.74. The molecule has 5 nitrogen and oxygen atoms in total. The number of nitrogens with zero attached hydrogens (tertiary/aromatic N) is 1. The molecule has 1 aliphatic carbocycles. The van der Waals surface area contributed by atoms with Gasteiger partial charge in [-0.2, -0.15) is 0 Å². The highest BCUT2D eigenvalue weighted by atomic mass is 35.5. The number of benzene rings is 2. The monoisotopic (exact) mass is 438 g/mol. The van der Waals surface area contributed by atoms with Crippen LogP contribution in [0, 0.1) is 0 Å². The molecular formula is C20H20Cl2N2O3S. The third-order valence-corrected chi connectivity index (χ3v) is 7.41. The summed E-state index contributed by atoms with van der Waals surface area (Å²) in [5.41, 5.74) is 1.93.